The second-order valence-electron chi connectivity index (χ2n) is 5.21. The van der Waals surface area contributed by atoms with Gasteiger partial charge in [-0.25, -0.2) is 9.67 Å². The summed E-state index contributed by atoms with van der Waals surface area (Å²) in [5, 5.41) is 20.6. The van der Waals surface area contributed by atoms with E-state index in [1.54, 1.807) is 28.3 Å². The number of hydrogen-bond donors (Lipinski definition) is 1. The van der Waals surface area contributed by atoms with E-state index in [4.69, 9.17) is 0 Å². The lowest BCUT2D eigenvalue weighted by Crippen LogP contribution is -2.05. The van der Waals surface area contributed by atoms with Gasteiger partial charge >= 0.3 is 0 Å². The number of aryl methyl sites for hydroxylation is 1. The average molecular weight is 323 g/mol. The van der Waals surface area contributed by atoms with Gasteiger partial charge in [0.05, 0.1) is 23.3 Å². The maximum atomic E-state index is 9.49. The molecule has 0 radical (unpaired) electrons. The third-order valence-electron chi connectivity index (χ3n) is 3.73. The Morgan fingerprint density at radius 1 is 1.17 bits per heavy atom. The number of pyridine rings is 1. The first-order chi connectivity index (χ1) is 11.2. The molecule has 1 unspecified atom stereocenters. The van der Waals surface area contributed by atoms with Crippen molar-refractivity contribution in [3.8, 4) is 5.75 Å². The van der Waals surface area contributed by atoms with Crippen LogP contribution in [0.2, 0.25) is 0 Å². The van der Waals surface area contributed by atoms with Crippen molar-refractivity contribution < 1.29 is 5.11 Å². The van der Waals surface area contributed by atoms with Crippen LogP contribution in [-0.4, -0.2) is 30.1 Å². The smallest absolute Gasteiger partial charge is 0.133 e. The molecule has 6 nitrogen and oxygen atoms in total. The molecule has 3 heterocycles. The summed E-state index contributed by atoms with van der Waals surface area (Å²) in [7, 11) is 1.87. The minimum atomic E-state index is -0.0881. The van der Waals surface area contributed by atoms with E-state index in [2.05, 4.69) is 26.3 Å². The highest BCUT2D eigenvalue weighted by molar-refractivity contribution is 7.09. The Bertz CT molecular complexity index is 946. The predicted octanol–water partition coefficient (Wildman–Crippen LogP) is 2.71. The fourth-order valence-corrected chi connectivity index (χ4v) is 3.39. The van der Waals surface area contributed by atoms with Crippen LogP contribution >= 0.6 is 11.3 Å². The average Bonchev–Trinajstić information content (AvgIpc) is 3.21. The van der Waals surface area contributed by atoms with Crippen molar-refractivity contribution in [3.05, 3.63) is 64.4 Å². The highest BCUT2D eigenvalue weighted by atomic mass is 32.1. The van der Waals surface area contributed by atoms with Gasteiger partial charge in [-0.1, -0.05) is 11.3 Å². The summed E-state index contributed by atoms with van der Waals surface area (Å²) in [5.74, 6) is 0.0628. The Morgan fingerprint density at radius 3 is 2.83 bits per heavy atom. The molecule has 4 aromatic rings. The van der Waals surface area contributed by atoms with E-state index < -0.39 is 0 Å². The monoisotopic (exact) mass is 323 g/mol. The van der Waals surface area contributed by atoms with Gasteiger partial charge in [0.15, 0.2) is 0 Å². The molecule has 4 rings (SSSR count). The first-order valence-corrected chi connectivity index (χ1v) is 7.94. The summed E-state index contributed by atoms with van der Waals surface area (Å²) in [5.41, 5.74) is 3.72. The van der Waals surface area contributed by atoms with Gasteiger partial charge in [-0.2, -0.15) is 0 Å². The molecule has 114 valence electrons. The zero-order valence-corrected chi connectivity index (χ0v) is 13.1. The van der Waals surface area contributed by atoms with Crippen LogP contribution in [0.3, 0.4) is 0 Å². The molecule has 0 aliphatic carbocycles. The van der Waals surface area contributed by atoms with Gasteiger partial charge in [-0.15, -0.1) is 16.4 Å². The number of aromatic hydroxyl groups is 1. The summed E-state index contributed by atoms with van der Waals surface area (Å²) < 4.78 is 1.75. The van der Waals surface area contributed by atoms with Crippen molar-refractivity contribution >= 4 is 22.4 Å². The Hall–Kier alpha value is -2.80. The molecule has 7 heteroatoms. The van der Waals surface area contributed by atoms with Crippen molar-refractivity contribution in [2.45, 2.75) is 5.92 Å². The van der Waals surface area contributed by atoms with Gasteiger partial charge in [0.1, 0.15) is 16.3 Å². The molecule has 23 heavy (non-hydrogen) atoms. The number of fused-ring (bicyclic) bond motifs is 1. The van der Waals surface area contributed by atoms with Crippen LogP contribution in [-0.2, 0) is 7.05 Å². The van der Waals surface area contributed by atoms with Gasteiger partial charge in [-0.05, 0) is 29.8 Å². The molecule has 0 amide bonds. The summed E-state index contributed by atoms with van der Waals surface area (Å²) in [6.45, 7) is 0. The Morgan fingerprint density at radius 2 is 2.09 bits per heavy atom. The molecule has 0 aliphatic heterocycles. The van der Waals surface area contributed by atoms with E-state index in [0.717, 1.165) is 27.3 Å². The van der Waals surface area contributed by atoms with Gasteiger partial charge < -0.3 is 5.11 Å². The number of rotatable bonds is 3. The fraction of sp³-hybridized carbons (Fsp3) is 0.125. The molecular formula is C16H13N5OS. The maximum absolute atomic E-state index is 9.49. The molecule has 0 bridgehead atoms. The van der Waals surface area contributed by atoms with Crippen LogP contribution in [0.25, 0.3) is 11.0 Å². The minimum absolute atomic E-state index is 0.0881. The zero-order chi connectivity index (χ0) is 15.8. The Kier molecular flexibility index (Phi) is 3.27. The molecule has 0 saturated carbocycles. The van der Waals surface area contributed by atoms with Crippen molar-refractivity contribution in [1.29, 1.82) is 0 Å². The van der Waals surface area contributed by atoms with E-state index in [1.165, 1.54) is 6.20 Å². The van der Waals surface area contributed by atoms with Crippen LogP contribution in [0.15, 0.2) is 48.1 Å². The maximum Gasteiger partial charge on any atom is 0.133 e. The SMILES string of the molecule is Cn1nnc2ccc(C(c3ccc(O)cn3)c3nccs3)cc21. The second-order valence-corrected chi connectivity index (χ2v) is 6.13. The lowest BCUT2D eigenvalue weighted by atomic mass is 9.95. The number of nitrogens with zero attached hydrogens (tertiary/aromatic N) is 5. The predicted molar refractivity (Wildman–Crippen MR) is 87.5 cm³/mol. The largest absolute Gasteiger partial charge is 0.506 e. The van der Waals surface area contributed by atoms with Gasteiger partial charge in [0.2, 0.25) is 0 Å². The molecular weight excluding hydrogens is 310 g/mol. The van der Waals surface area contributed by atoms with Crippen molar-refractivity contribution in [2.24, 2.45) is 7.05 Å². The van der Waals surface area contributed by atoms with Crippen LogP contribution in [0.5, 0.6) is 5.75 Å². The van der Waals surface area contributed by atoms with Crippen LogP contribution in [0, 0.1) is 0 Å². The Balaban J connectivity index is 1.89. The molecule has 1 N–H and O–H groups in total. The van der Waals surface area contributed by atoms with E-state index in [0.29, 0.717) is 0 Å². The zero-order valence-electron chi connectivity index (χ0n) is 12.3. The molecule has 3 aromatic heterocycles. The topological polar surface area (TPSA) is 76.7 Å². The standard InChI is InChI=1S/C16H13N5OS/c1-21-14-8-10(2-4-12(14)19-20-21)15(16-17-6-7-23-16)13-5-3-11(22)9-18-13/h2-9,15,22H,1H3. The molecule has 0 saturated heterocycles. The minimum Gasteiger partial charge on any atom is -0.506 e. The number of aromatic nitrogens is 5. The normalized spacial score (nSPS) is 12.6. The van der Waals surface area contributed by atoms with Crippen LogP contribution in [0.1, 0.15) is 22.2 Å². The van der Waals surface area contributed by atoms with Crippen molar-refractivity contribution in [1.82, 2.24) is 25.0 Å². The lowest BCUT2D eigenvalue weighted by molar-refractivity contribution is 0.472. The molecule has 0 aliphatic rings. The number of hydrogen-bond acceptors (Lipinski definition) is 6. The van der Waals surface area contributed by atoms with Gasteiger partial charge in [0, 0.05) is 18.6 Å². The highest BCUT2D eigenvalue weighted by Gasteiger charge is 2.21. The van der Waals surface area contributed by atoms with Crippen LogP contribution < -0.4 is 0 Å². The van der Waals surface area contributed by atoms with Crippen molar-refractivity contribution in [3.63, 3.8) is 0 Å². The quantitative estimate of drug-likeness (QED) is 0.627. The fourth-order valence-electron chi connectivity index (χ4n) is 2.61. The third-order valence-corrected chi connectivity index (χ3v) is 4.57. The summed E-state index contributed by atoms with van der Waals surface area (Å²) in [6, 6.07) is 9.52. The first kappa shape index (κ1) is 13.8. The second kappa shape index (κ2) is 5.44. The third kappa shape index (κ3) is 2.44. The lowest BCUT2D eigenvalue weighted by Gasteiger charge is -2.15. The Labute approximate surface area is 136 Å². The summed E-state index contributed by atoms with van der Waals surface area (Å²) in [6.07, 6.45) is 3.25. The van der Waals surface area contributed by atoms with Gasteiger partial charge in [0.25, 0.3) is 0 Å². The summed E-state index contributed by atoms with van der Waals surface area (Å²) in [4.78, 5) is 8.84. The highest BCUT2D eigenvalue weighted by Crippen LogP contribution is 2.33. The molecule has 0 spiro atoms. The van der Waals surface area contributed by atoms with E-state index >= 15 is 0 Å². The van der Waals surface area contributed by atoms with Crippen molar-refractivity contribution in [2.75, 3.05) is 0 Å². The first-order valence-electron chi connectivity index (χ1n) is 7.06. The van der Waals surface area contributed by atoms with Gasteiger partial charge in [-0.3, -0.25) is 4.98 Å². The number of thiazole rings is 1. The molecule has 1 atom stereocenters. The summed E-state index contributed by atoms with van der Waals surface area (Å²) >= 11 is 1.58. The van der Waals surface area contributed by atoms with E-state index in [1.807, 2.05) is 30.6 Å². The number of benzene rings is 1. The van der Waals surface area contributed by atoms with E-state index in [-0.39, 0.29) is 11.7 Å². The molecule has 1 aromatic carbocycles. The van der Waals surface area contributed by atoms with E-state index in [9.17, 15) is 5.11 Å². The van der Waals surface area contributed by atoms with Crippen LogP contribution in [0.4, 0.5) is 0 Å². The molecule has 0 fully saturated rings.